The summed E-state index contributed by atoms with van der Waals surface area (Å²) in [4.78, 5) is 23.0. The summed E-state index contributed by atoms with van der Waals surface area (Å²) in [5.41, 5.74) is 1.75. The van der Waals surface area contributed by atoms with Crippen LogP contribution in [0.2, 0.25) is 5.02 Å². The van der Waals surface area contributed by atoms with Gasteiger partial charge in [0.15, 0.2) is 5.78 Å². The Labute approximate surface area is 146 Å². The molecular weight excluding hydrogens is 324 g/mol. The normalized spacial score (nSPS) is 11.1. The highest BCUT2D eigenvalue weighted by Crippen LogP contribution is 2.14. The fraction of sp³-hybridized carbons (Fsp3) is 0.100. The molecule has 2 rings (SSSR count). The molecule has 0 aliphatic heterocycles. The second-order valence-corrected chi connectivity index (χ2v) is 5.45. The van der Waals surface area contributed by atoms with Gasteiger partial charge in [-0.05, 0) is 47.5 Å². The SMILES string of the molecule is CCC(=O)Oc1ccc(/C=C/C(=O)/C=C/c2ccc(Cl)cc2)cc1. The van der Waals surface area contributed by atoms with E-state index in [9.17, 15) is 9.59 Å². The monoisotopic (exact) mass is 340 g/mol. The van der Waals surface area contributed by atoms with Crippen molar-refractivity contribution in [2.75, 3.05) is 0 Å². The van der Waals surface area contributed by atoms with Gasteiger partial charge in [-0.1, -0.05) is 54.9 Å². The van der Waals surface area contributed by atoms with E-state index < -0.39 is 0 Å². The molecular formula is C20H17ClO3. The number of benzene rings is 2. The molecule has 0 unspecified atom stereocenters. The maximum Gasteiger partial charge on any atom is 0.310 e. The zero-order valence-electron chi connectivity index (χ0n) is 13.2. The lowest BCUT2D eigenvalue weighted by Crippen LogP contribution is -2.05. The molecule has 0 N–H and O–H groups in total. The van der Waals surface area contributed by atoms with Gasteiger partial charge in [0.05, 0.1) is 0 Å². The van der Waals surface area contributed by atoms with E-state index in [1.807, 2.05) is 12.1 Å². The number of allylic oxidation sites excluding steroid dienone is 2. The maximum absolute atomic E-state index is 11.8. The molecule has 0 aromatic heterocycles. The molecule has 122 valence electrons. The molecule has 0 aliphatic carbocycles. The van der Waals surface area contributed by atoms with Crippen LogP contribution in [-0.4, -0.2) is 11.8 Å². The Balaban J connectivity index is 1.93. The van der Waals surface area contributed by atoms with Crippen LogP contribution in [0.1, 0.15) is 24.5 Å². The Morgan fingerprint density at radius 3 is 1.92 bits per heavy atom. The molecule has 2 aromatic rings. The van der Waals surface area contributed by atoms with Crippen LogP contribution >= 0.6 is 11.6 Å². The van der Waals surface area contributed by atoms with Crippen molar-refractivity contribution in [1.82, 2.24) is 0 Å². The molecule has 0 saturated heterocycles. The van der Waals surface area contributed by atoms with Crippen LogP contribution in [0.15, 0.2) is 60.7 Å². The summed E-state index contributed by atoms with van der Waals surface area (Å²) >= 11 is 5.81. The van der Waals surface area contributed by atoms with Crippen LogP contribution in [0.25, 0.3) is 12.2 Å². The Morgan fingerprint density at radius 1 is 0.917 bits per heavy atom. The predicted octanol–water partition coefficient (Wildman–Crippen LogP) is 4.95. The molecule has 0 heterocycles. The summed E-state index contributed by atoms with van der Waals surface area (Å²) in [6.45, 7) is 1.74. The molecule has 4 heteroatoms. The zero-order valence-corrected chi connectivity index (χ0v) is 14.0. The van der Waals surface area contributed by atoms with Crippen molar-refractivity contribution in [1.29, 1.82) is 0 Å². The molecule has 0 spiro atoms. The van der Waals surface area contributed by atoms with E-state index in [4.69, 9.17) is 16.3 Å². The Bertz CT molecular complexity index is 756. The fourth-order valence-electron chi connectivity index (χ4n) is 1.84. The van der Waals surface area contributed by atoms with Gasteiger partial charge in [-0.15, -0.1) is 0 Å². The van der Waals surface area contributed by atoms with Crippen molar-refractivity contribution in [3.05, 3.63) is 76.8 Å². The minimum atomic E-state index is -0.277. The molecule has 0 radical (unpaired) electrons. The van der Waals surface area contributed by atoms with Crippen LogP contribution in [0.5, 0.6) is 5.75 Å². The van der Waals surface area contributed by atoms with Gasteiger partial charge in [0.25, 0.3) is 0 Å². The van der Waals surface area contributed by atoms with Crippen LogP contribution in [0.4, 0.5) is 0 Å². The summed E-state index contributed by atoms with van der Waals surface area (Å²) in [7, 11) is 0. The number of carbonyl (C=O) groups is 2. The molecule has 0 aliphatic rings. The first kappa shape index (κ1) is 17.7. The van der Waals surface area contributed by atoms with Crippen LogP contribution in [-0.2, 0) is 9.59 Å². The van der Waals surface area contributed by atoms with Crippen LogP contribution in [0.3, 0.4) is 0 Å². The first-order valence-electron chi connectivity index (χ1n) is 7.53. The van der Waals surface area contributed by atoms with Crippen molar-refractivity contribution in [2.24, 2.45) is 0 Å². The topological polar surface area (TPSA) is 43.4 Å². The molecule has 0 fully saturated rings. The van der Waals surface area contributed by atoms with Crippen LogP contribution in [0, 0.1) is 0 Å². The third-order valence-corrected chi connectivity index (χ3v) is 3.40. The van der Waals surface area contributed by atoms with Gasteiger partial charge >= 0.3 is 5.97 Å². The summed E-state index contributed by atoms with van der Waals surface area (Å²) in [5, 5.41) is 0.659. The minimum absolute atomic E-state index is 0.119. The van der Waals surface area contributed by atoms with Gasteiger partial charge in [-0.2, -0.15) is 0 Å². The zero-order chi connectivity index (χ0) is 17.4. The molecule has 0 saturated carbocycles. The smallest absolute Gasteiger partial charge is 0.310 e. The van der Waals surface area contributed by atoms with Gasteiger partial charge in [0.2, 0.25) is 0 Å². The highest BCUT2D eigenvalue weighted by Gasteiger charge is 2.00. The lowest BCUT2D eigenvalue weighted by molar-refractivity contribution is -0.134. The largest absolute Gasteiger partial charge is 0.427 e. The Morgan fingerprint density at radius 2 is 1.42 bits per heavy atom. The maximum atomic E-state index is 11.8. The molecule has 0 atom stereocenters. The number of ketones is 1. The lowest BCUT2D eigenvalue weighted by atomic mass is 10.1. The van der Waals surface area contributed by atoms with Crippen molar-refractivity contribution < 1.29 is 14.3 Å². The summed E-state index contributed by atoms with van der Waals surface area (Å²) < 4.78 is 5.09. The number of esters is 1. The van der Waals surface area contributed by atoms with Crippen molar-refractivity contribution in [3.8, 4) is 5.75 Å². The predicted molar refractivity (Wildman–Crippen MR) is 96.9 cm³/mol. The first-order valence-corrected chi connectivity index (χ1v) is 7.91. The van der Waals surface area contributed by atoms with E-state index in [0.29, 0.717) is 17.2 Å². The second kappa shape index (κ2) is 8.85. The minimum Gasteiger partial charge on any atom is -0.427 e. The molecule has 0 bridgehead atoms. The van der Waals surface area contributed by atoms with Gasteiger partial charge in [-0.3, -0.25) is 9.59 Å². The molecule has 0 amide bonds. The highest BCUT2D eigenvalue weighted by molar-refractivity contribution is 6.30. The van der Waals surface area contributed by atoms with E-state index in [1.54, 1.807) is 55.5 Å². The quantitative estimate of drug-likeness (QED) is 0.424. The molecule has 3 nitrogen and oxygen atoms in total. The fourth-order valence-corrected chi connectivity index (χ4v) is 1.96. The third kappa shape index (κ3) is 5.86. The number of carbonyl (C=O) groups excluding carboxylic acids is 2. The van der Waals surface area contributed by atoms with Crippen LogP contribution < -0.4 is 4.74 Å². The van der Waals surface area contributed by atoms with E-state index in [1.165, 1.54) is 12.2 Å². The van der Waals surface area contributed by atoms with Gasteiger partial charge in [-0.25, -0.2) is 0 Å². The third-order valence-electron chi connectivity index (χ3n) is 3.15. The Kier molecular flexibility index (Phi) is 6.52. The molecule has 2 aromatic carbocycles. The number of halogens is 1. The average Bonchev–Trinajstić information content (AvgIpc) is 2.60. The summed E-state index contributed by atoms with van der Waals surface area (Å²) in [6.07, 6.45) is 6.75. The number of hydrogen-bond acceptors (Lipinski definition) is 3. The Hall–Kier alpha value is -2.65. The van der Waals surface area contributed by atoms with Gasteiger partial charge in [0.1, 0.15) is 5.75 Å². The number of hydrogen-bond donors (Lipinski definition) is 0. The summed E-state index contributed by atoms with van der Waals surface area (Å²) in [6, 6.07) is 14.2. The van der Waals surface area contributed by atoms with E-state index >= 15 is 0 Å². The van der Waals surface area contributed by atoms with E-state index in [0.717, 1.165) is 11.1 Å². The first-order chi connectivity index (χ1) is 11.6. The second-order valence-electron chi connectivity index (χ2n) is 5.02. The van der Waals surface area contributed by atoms with Crippen molar-refractivity contribution >= 4 is 35.5 Å². The summed E-state index contributed by atoms with van der Waals surface area (Å²) in [5.74, 6) is 0.0974. The van der Waals surface area contributed by atoms with Crippen molar-refractivity contribution in [2.45, 2.75) is 13.3 Å². The number of rotatable bonds is 6. The van der Waals surface area contributed by atoms with E-state index in [-0.39, 0.29) is 11.8 Å². The number of ether oxygens (including phenoxy) is 1. The standard InChI is InChI=1S/C20H17ClO3/c1-2-20(23)24-19-13-7-16(8-14-19)6-12-18(22)11-5-15-3-9-17(21)10-4-15/h3-14H,2H2,1H3/b11-5+,12-6+. The van der Waals surface area contributed by atoms with Gasteiger partial charge < -0.3 is 4.74 Å². The van der Waals surface area contributed by atoms with Gasteiger partial charge in [0, 0.05) is 11.4 Å². The molecule has 24 heavy (non-hydrogen) atoms. The average molecular weight is 341 g/mol. The van der Waals surface area contributed by atoms with Crippen molar-refractivity contribution in [3.63, 3.8) is 0 Å². The lowest BCUT2D eigenvalue weighted by Gasteiger charge is -2.02. The highest BCUT2D eigenvalue weighted by atomic mass is 35.5. The van der Waals surface area contributed by atoms with E-state index in [2.05, 4.69) is 0 Å².